The fourth-order valence-corrected chi connectivity index (χ4v) is 5.36. The van der Waals surface area contributed by atoms with Gasteiger partial charge in [-0.05, 0) is 41.8 Å². The minimum Gasteiger partial charge on any atom is -0.460 e. The van der Waals surface area contributed by atoms with Crippen molar-refractivity contribution >= 4 is 17.8 Å². The first-order valence-electron chi connectivity index (χ1n) is 15.2. The Bertz CT molecular complexity index is 1580. The van der Waals surface area contributed by atoms with Crippen LogP contribution < -0.4 is 0 Å². The third-order valence-electron chi connectivity index (χ3n) is 7.63. The van der Waals surface area contributed by atoms with Crippen molar-refractivity contribution in [2.75, 3.05) is 6.61 Å². The lowest BCUT2D eigenvalue weighted by Crippen LogP contribution is -2.46. The molecule has 4 aromatic rings. The normalized spacial score (nSPS) is 19.2. The van der Waals surface area contributed by atoms with Crippen molar-refractivity contribution in [2.24, 2.45) is 0 Å². The van der Waals surface area contributed by atoms with Crippen LogP contribution in [0, 0.1) is 0 Å². The molecule has 4 atom stereocenters. The Balaban J connectivity index is 1.49. The maximum Gasteiger partial charge on any atom is 0.411 e. The van der Waals surface area contributed by atoms with Gasteiger partial charge in [0.05, 0.1) is 30.9 Å². The highest BCUT2D eigenvalue weighted by atomic mass is 16.6. The SMILES string of the molecule is CC(=O)/C=C/[C@H]1[C@H](OCc2ccccc2)[C@H](OCc2ccccc2)[C@@H](COC(=O)c2ccccc2)N1C(=O)OCc1ccccc1. The molecule has 5 rings (SSSR count). The van der Waals surface area contributed by atoms with Crippen molar-refractivity contribution in [3.05, 3.63) is 156 Å². The Hall–Kier alpha value is -5.05. The minimum absolute atomic E-state index is 0.0287. The Morgan fingerprint density at radius 2 is 1.11 bits per heavy atom. The van der Waals surface area contributed by atoms with E-state index in [-0.39, 0.29) is 32.2 Å². The zero-order chi connectivity index (χ0) is 32.1. The molecule has 0 unspecified atom stereocenters. The van der Waals surface area contributed by atoms with Crippen LogP contribution in [0.2, 0.25) is 0 Å². The van der Waals surface area contributed by atoms with Crippen molar-refractivity contribution in [2.45, 2.75) is 51.0 Å². The Morgan fingerprint density at radius 1 is 0.630 bits per heavy atom. The number of benzene rings is 4. The molecule has 1 aliphatic rings. The van der Waals surface area contributed by atoms with Crippen LogP contribution in [0.1, 0.15) is 34.0 Å². The van der Waals surface area contributed by atoms with Crippen LogP contribution in [0.4, 0.5) is 4.79 Å². The van der Waals surface area contributed by atoms with Crippen molar-refractivity contribution in [1.29, 1.82) is 0 Å². The number of rotatable bonds is 13. The van der Waals surface area contributed by atoms with E-state index in [2.05, 4.69) is 0 Å². The molecular weight excluding hydrogens is 582 g/mol. The number of hydrogen-bond donors (Lipinski definition) is 0. The first-order valence-corrected chi connectivity index (χ1v) is 15.2. The van der Waals surface area contributed by atoms with Gasteiger partial charge in [-0.1, -0.05) is 115 Å². The molecule has 0 N–H and O–H groups in total. The van der Waals surface area contributed by atoms with Gasteiger partial charge in [-0.25, -0.2) is 9.59 Å². The number of carbonyl (C=O) groups excluding carboxylic acids is 3. The second-order valence-electron chi connectivity index (χ2n) is 11.0. The maximum absolute atomic E-state index is 14.0. The fourth-order valence-electron chi connectivity index (χ4n) is 5.36. The van der Waals surface area contributed by atoms with Crippen LogP contribution in [0.3, 0.4) is 0 Å². The minimum atomic E-state index is -0.804. The van der Waals surface area contributed by atoms with Gasteiger partial charge in [0.15, 0.2) is 5.78 Å². The zero-order valence-corrected chi connectivity index (χ0v) is 25.6. The van der Waals surface area contributed by atoms with Crippen molar-refractivity contribution in [1.82, 2.24) is 4.90 Å². The van der Waals surface area contributed by atoms with Gasteiger partial charge >= 0.3 is 12.1 Å². The molecule has 0 aromatic heterocycles. The monoisotopic (exact) mass is 619 g/mol. The highest BCUT2D eigenvalue weighted by molar-refractivity contribution is 5.89. The zero-order valence-electron chi connectivity index (χ0n) is 25.6. The second-order valence-corrected chi connectivity index (χ2v) is 11.0. The summed E-state index contributed by atoms with van der Waals surface area (Å²) < 4.78 is 24.7. The highest BCUT2D eigenvalue weighted by Crippen LogP contribution is 2.34. The third-order valence-corrected chi connectivity index (χ3v) is 7.63. The molecule has 1 saturated heterocycles. The van der Waals surface area contributed by atoms with Gasteiger partial charge in [0.1, 0.15) is 25.4 Å². The van der Waals surface area contributed by atoms with Gasteiger partial charge in [0.25, 0.3) is 0 Å². The van der Waals surface area contributed by atoms with Gasteiger partial charge < -0.3 is 18.9 Å². The number of nitrogens with zero attached hydrogens (tertiary/aromatic N) is 1. The molecule has 0 spiro atoms. The molecule has 4 aromatic carbocycles. The molecule has 46 heavy (non-hydrogen) atoms. The van der Waals surface area contributed by atoms with Gasteiger partial charge in [0, 0.05) is 0 Å². The average Bonchev–Trinajstić information content (AvgIpc) is 3.40. The number of likely N-dealkylation sites (tertiary alicyclic amines) is 1. The van der Waals surface area contributed by atoms with E-state index in [4.69, 9.17) is 18.9 Å². The van der Waals surface area contributed by atoms with E-state index in [1.54, 1.807) is 30.3 Å². The molecule has 0 bridgehead atoms. The summed E-state index contributed by atoms with van der Waals surface area (Å²) in [6, 6.07) is 35.7. The Labute approximate surface area is 269 Å². The molecule has 1 aliphatic heterocycles. The van der Waals surface area contributed by atoms with Gasteiger partial charge in [0.2, 0.25) is 0 Å². The average molecular weight is 620 g/mol. The smallest absolute Gasteiger partial charge is 0.411 e. The summed E-state index contributed by atoms with van der Waals surface area (Å²) in [7, 11) is 0. The van der Waals surface area contributed by atoms with E-state index in [9.17, 15) is 14.4 Å². The van der Waals surface area contributed by atoms with E-state index in [1.165, 1.54) is 17.9 Å². The quantitative estimate of drug-likeness (QED) is 0.124. The number of amides is 1. The Kier molecular flexibility index (Phi) is 11.5. The van der Waals surface area contributed by atoms with Crippen LogP contribution in [0.5, 0.6) is 0 Å². The number of esters is 1. The summed E-state index contributed by atoms with van der Waals surface area (Å²) in [6.45, 7) is 1.72. The molecule has 1 fully saturated rings. The lowest BCUT2D eigenvalue weighted by molar-refractivity contribution is -0.112. The van der Waals surface area contributed by atoms with Gasteiger partial charge in [-0.15, -0.1) is 0 Å². The number of ketones is 1. The first kappa shape index (κ1) is 32.3. The van der Waals surface area contributed by atoms with Crippen LogP contribution in [0.15, 0.2) is 133 Å². The van der Waals surface area contributed by atoms with Crippen LogP contribution >= 0.6 is 0 Å². The largest absolute Gasteiger partial charge is 0.460 e. The second kappa shape index (κ2) is 16.3. The number of ether oxygens (including phenoxy) is 4. The molecule has 0 saturated carbocycles. The molecular formula is C38H37NO7. The summed E-state index contributed by atoms with van der Waals surface area (Å²) in [4.78, 5) is 40.7. The fraction of sp³-hybridized carbons (Fsp3) is 0.237. The van der Waals surface area contributed by atoms with Crippen molar-refractivity contribution in [3.63, 3.8) is 0 Å². The van der Waals surface area contributed by atoms with Gasteiger partial charge in [-0.2, -0.15) is 0 Å². The molecule has 8 heteroatoms. The maximum atomic E-state index is 14.0. The third kappa shape index (κ3) is 8.78. The lowest BCUT2D eigenvalue weighted by Gasteiger charge is -2.29. The first-order chi connectivity index (χ1) is 22.5. The van der Waals surface area contributed by atoms with Crippen LogP contribution in [-0.4, -0.2) is 53.6 Å². The van der Waals surface area contributed by atoms with E-state index in [0.717, 1.165) is 16.7 Å². The molecule has 8 nitrogen and oxygen atoms in total. The molecule has 1 heterocycles. The molecule has 1 amide bonds. The van der Waals surface area contributed by atoms with Gasteiger partial charge in [-0.3, -0.25) is 9.69 Å². The van der Waals surface area contributed by atoms with Crippen LogP contribution in [-0.2, 0) is 43.6 Å². The van der Waals surface area contributed by atoms with Crippen molar-refractivity contribution < 1.29 is 33.3 Å². The highest BCUT2D eigenvalue weighted by Gasteiger charge is 2.53. The predicted octanol–water partition coefficient (Wildman–Crippen LogP) is 6.55. The van der Waals surface area contributed by atoms with E-state index >= 15 is 0 Å². The molecule has 0 radical (unpaired) electrons. The predicted molar refractivity (Wildman–Crippen MR) is 173 cm³/mol. The topological polar surface area (TPSA) is 91.4 Å². The van der Waals surface area contributed by atoms with Crippen LogP contribution in [0.25, 0.3) is 0 Å². The number of carbonyl (C=O) groups is 3. The molecule has 236 valence electrons. The summed E-state index contributed by atoms with van der Waals surface area (Å²) >= 11 is 0. The lowest BCUT2D eigenvalue weighted by atomic mass is 10.1. The summed E-state index contributed by atoms with van der Waals surface area (Å²) in [5.74, 6) is -0.732. The standard InChI is InChI=1S/C38H37NO7/c1-28(40)22-23-33-35(43-24-29-14-6-2-7-15-29)36(44-25-30-16-8-3-9-17-30)34(27-45-37(41)32-20-12-5-13-21-32)39(33)38(42)46-26-31-18-10-4-11-19-31/h2-23,33-36H,24-27H2,1H3/b23-22+/t33-,34+,35-,36+/m0/s1. The summed E-state index contributed by atoms with van der Waals surface area (Å²) in [6.07, 6.45) is 0.914. The number of hydrogen-bond acceptors (Lipinski definition) is 7. The Morgan fingerprint density at radius 3 is 1.63 bits per heavy atom. The van der Waals surface area contributed by atoms with E-state index < -0.39 is 36.4 Å². The molecule has 0 aliphatic carbocycles. The van der Waals surface area contributed by atoms with E-state index in [0.29, 0.717) is 5.56 Å². The van der Waals surface area contributed by atoms with E-state index in [1.807, 2.05) is 97.1 Å². The number of allylic oxidation sites excluding steroid dienone is 1. The van der Waals surface area contributed by atoms with Crippen molar-refractivity contribution in [3.8, 4) is 0 Å². The summed E-state index contributed by atoms with van der Waals surface area (Å²) in [5.41, 5.74) is 3.04. The summed E-state index contributed by atoms with van der Waals surface area (Å²) in [5, 5.41) is 0.